The minimum atomic E-state index is -0.0122. The number of hydrogen-bond donors (Lipinski definition) is 0. The van der Waals surface area contributed by atoms with Crippen LogP contribution in [-0.2, 0) is 16.1 Å². The predicted octanol–water partition coefficient (Wildman–Crippen LogP) is 1.60. The van der Waals surface area contributed by atoms with Crippen LogP contribution >= 0.6 is 0 Å². The van der Waals surface area contributed by atoms with Crippen LogP contribution in [0.1, 0.15) is 25.3 Å². The van der Waals surface area contributed by atoms with Crippen LogP contribution in [-0.4, -0.2) is 92.3 Å². The summed E-state index contributed by atoms with van der Waals surface area (Å²) in [5.74, 6) is 1.28. The zero-order chi connectivity index (χ0) is 20.2. The summed E-state index contributed by atoms with van der Waals surface area (Å²) in [6, 6.07) is 7.44. The van der Waals surface area contributed by atoms with Gasteiger partial charge in [-0.05, 0) is 37.5 Å². The topological polar surface area (TPSA) is 54.5 Å². The number of hydrogen-bond acceptors (Lipinski definition) is 6. The predicted molar refractivity (Wildman–Crippen MR) is 110 cm³/mol. The molecule has 1 aromatic carbocycles. The number of rotatable bonds is 7. The standard InChI is InChI=1S/C22H33N3O4/c1-17-14-25(19-4-5-19)8-7-24(17)15-18-3-6-20(21(13-18)27-2)29-16-22(26)23-9-11-28-12-10-23/h3,6,13,17,19H,4-5,7-12,14-16H2,1-2H3. The Kier molecular flexibility index (Phi) is 6.57. The number of morpholine rings is 1. The number of nitrogens with zero attached hydrogens (tertiary/aromatic N) is 3. The van der Waals surface area contributed by atoms with E-state index in [2.05, 4.69) is 22.8 Å². The molecule has 4 rings (SSSR count). The molecule has 0 bridgehead atoms. The molecule has 0 radical (unpaired) electrons. The van der Waals surface area contributed by atoms with Gasteiger partial charge < -0.3 is 19.1 Å². The second-order valence-corrected chi connectivity index (χ2v) is 8.31. The van der Waals surface area contributed by atoms with Gasteiger partial charge in [0.05, 0.1) is 20.3 Å². The smallest absolute Gasteiger partial charge is 0.260 e. The van der Waals surface area contributed by atoms with Crippen molar-refractivity contribution in [2.45, 2.75) is 38.4 Å². The normalized spacial score (nSPS) is 23.8. The third-order valence-electron chi connectivity index (χ3n) is 6.19. The summed E-state index contributed by atoms with van der Waals surface area (Å²) in [6.45, 7) is 9.12. The van der Waals surface area contributed by atoms with E-state index in [1.807, 2.05) is 12.1 Å². The first-order valence-corrected chi connectivity index (χ1v) is 10.8. The minimum Gasteiger partial charge on any atom is -0.493 e. The average molecular weight is 404 g/mol. The lowest BCUT2D eigenvalue weighted by molar-refractivity contribution is -0.137. The van der Waals surface area contributed by atoms with E-state index in [1.54, 1.807) is 12.0 Å². The molecule has 1 aliphatic carbocycles. The molecule has 1 aromatic rings. The first kappa shape index (κ1) is 20.4. The van der Waals surface area contributed by atoms with Crippen molar-refractivity contribution in [3.63, 3.8) is 0 Å². The van der Waals surface area contributed by atoms with Crippen molar-refractivity contribution >= 4 is 5.91 Å². The van der Waals surface area contributed by atoms with Crippen LogP contribution in [0, 0.1) is 0 Å². The van der Waals surface area contributed by atoms with Gasteiger partial charge in [-0.25, -0.2) is 0 Å². The van der Waals surface area contributed by atoms with Gasteiger partial charge in [-0.2, -0.15) is 0 Å². The molecule has 2 aliphatic heterocycles. The van der Waals surface area contributed by atoms with E-state index in [4.69, 9.17) is 14.2 Å². The van der Waals surface area contributed by atoms with Crippen LogP contribution in [0.25, 0.3) is 0 Å². The first-order chi connectivity index (χ1) is 14.1. The Bertz CT molecular complexity index is 703. The molecule has 7 heteroatoms. The summed E-state index contributed by atoms with van der Waals surface area (Å²) in [4.78, 5) is 19.3. The molecule has 7 nitrogen and oxygen atoms in total. The van der Waals surface area contributed by atoms with Crippen LogP contribution < -0.4 is 9.47 Å². The van der Waals surface area contributed by atoms with Crippen molar-refractivity contribution in [3.05, 3.63) is 23.8 Å². The lowest BCUT2D eigenvalue weighted by Gasteiger charge is -2.40. The average Bonchev–Trinajstić information content (AvgIpc) is 3.60. The molecule has 29 heavy (non-hydrogen) atoms. The molecule has 3 aliphatic rings. The molecule has 3 fully saturated rings. The van der Waals surface area contributed by atoms with E-state index in [0.29, 0.717) is 43.8 Å². The number of carbonyl (C=O) groups is 1. The summed E-state index contributed by atoms with van der Waals surface area (Å²) < 4.78 is 16.6. The van der Waals surface area contributed by atoms with Crippen molar-refractivity contribution in [1.82, 2.24) is 14.7 Å². The lowest BCUT2D eigenvalue weighted by Crippen LogP contribution is -2.51. The Morgan fingerprint density at radius 2 is 1.93 bits per heavy atom. The molecular formula is C22H33N3O4. The van der Waals surface area contributed by atoms with Crippen molar-refractivity contribution < 1.29 is 19.0 Å². The third-order valence-corrected chi connectivity index (χ3v) is 6.19. The summed E-state index contributed by atoms with van der Waals surface area (Å²) in [5, 5.41) is 0. The molecule has 1 atom stereocenters. The number of carbonyl (C=O) groups excluding carboxylic acids is 1. The monoisotopic (exact) mass is 403 g/mol. The minimum absolute atomic E-state index is 0.0122. The molecule has 1 unspecified atom stereocenters. The second kappa shape index (κ2) is 9.32. The van der Waals surface area contributed by atoms with E-state index < -0.39 is 0 Å². The Morgan fingerprint density at radius 1 is 1.14 bits per heavy atom. The summed E-state index contributed by atoms with van der Waals surface area (Å²) in [7, 11) is 1.65. The molecule has 0 spiro atoms. The highest BCUT2D eigenvalue weighted by atomic mass is 16.5. The maximum Gasteiger partial charge on any atom is 0.260 e. The van der Waals surface area contributed by atoms with Gasteiger partial charge in [0.25, 0.3) is 5.91 Å². The van der Waals surface area contributed by atoms with E-state index in [9.17, 15) is 4.79 Å². The number of amides is 1. The maximum absolute atomic E-state index is 12.3. The van der Waals surface area contributed by atoms with Crippen molar-refractivity contribution in [2.24, 2.45) is 0 Å². The van der Waals surface area contributed by atoms with Gasteiger partial charge in [0.15, 0.2) is 18.1 Å². The Hall–Kier alpha value is -1.83. The Morgan fingerprint density at radius 3 is 2.62 bits per heavy atom. The molecule has 1 amide bonds. The van der Waals surface area contributed by atoms with Gasteiger partial charge in [-0.1, -0.05) is 6.07 Å². The molecule has 1 saturated carbocycles. The molecule has 0 aromatic heterocycles. The van der Waals surface area contributed by atoms with E-state index in [1.165, 1.54) is 18.4 Å². The lowest BCUT2D eigenvalue weighted by atomic mass is 10.1. The summed E-state index contributed by atoms with van der Waals surface area (Å²) in [6.07, 6.45) is 2.75. The van der Waals surface area contributed by atoms with Crippen LogP contribution in [0.4, 0.5) is 0 Å². The summed E-state index contributed by atoms with van der Waals surface area (Å²) >= 11 is 0. The molecule has 2 heterocycles. The van der Waals surface area contributed by atoms with E-state index in [-0.39, 0.29) is 12.5 Å². The van der Waals surface area contributed by atoms with Crippen molar-refractivity contribution in [1.29, 1.82) is 0 Å². The number of piperazine rings is 1. The highest BCUT2D eigenvalue weighted by Gasteiger charge is 2.33. The molecular weight excluding hydrogens is 370 g/mol. The molecule has 2 saturated heterocycles. The zero-order valence-corrected chi connectivity index (χ0v) is 17.6. The van der Waals surface area contributed by atoms with Crippen LogP contribution in [0.5, 0.6) is 11.5 Å². The van der Waals surface area contributed by atoms with Crippen LogP contribution in [0.3, 0.4) is 0 Å². The van der Waals surface area contributed by atoms with Crippen molar-refractivity contribution in [3.8, 4) is 11.5 Å². The molecule has 0 N–H and O–H groups in total. The zero-order valence-electron chi connectivity index (χ0n) is 17.6. The van der Waals surface area contributed by atoms with Crippen LogP contribution in [0.2, 0.25) is 0 Å². The van der Waals surface area contributed by atoms with Gasteiger partial charge in [0.2, 0.25) is 0 Å². The largest absolute Gasteiger partial charge is 0.493 e. The van der Waals surface area contributed by atoms with Gasteiger partial charge >= 0.3 is 0 Å². The highest BCUT2D eigenvalue weighted by Crippen LogP contribution is 2.31. The fourth-order valence-electron chi connectivity index (χ4n) is 4.24. The van der Waals surface area contributed by atoms with Gasteiger partial charge in [-0.3, -0.25) is 14.6 Å². The number of ether oxygens (including phenoxy) is 3. The van der Waals surface area contributed by atoms with E-state index in [0.717, 1.165) is 32.2 Å². The fraction of sp³-hybridized carbons (Fsp3) is 0.682. The quantitative estimate of drug-likeness (QED) is 0.689. The fourth-order valence-corrected chi connectivity index (χ4v) is 4.24. The van der Waals surface area contributed by atoms with Crippen molar-refractivity contribution in [2.75, 3.05) is 59.7 Å². The first-order valence-electron chi connectivity index (χ1n) is 10.8. The van der Waals surface area contributed by atoms with Gasteiger partial charge in [0, 0.05) is 51.4 Å². The number of benzene rings is 1. The van der Waals surface area contributed by atoms with Gasteiger partial charge in [-0.15, -0.1) is 0 Å². The third kappa shape index (κ3) is 5.21. The SMILES string of the molecule is COc1cc(CN2CCN(C3CC3)CC2C)ccc1OCC(=O)N1CCOCC1. The Balaban J connectivity index is 1.32. The maximum atomic E-state index is 12.3. The summed E-state index contributed by atoms with van der Waals surface area (Å²) in [5.41, 5.74) is 1.21. The van der Waals surface area contributed by atoms with E-state index >= 15 is 0 Å². The number of methoxy groups -OCH3 is 1. The van der Waals surface area contributed by atoms with Crippen LogP contribution in [0.15, 0.2) is 18.2 Å². The highest BCUT2D eigenvalue weighted by molar-refractivity contribution is 5.78. The van der Waals surface area contributed by atoms with Gasteiger partial charge in [0.1, 0.15) is 0 Å². The molecule has 160 valence electrons. The second-order valence-electron chi connectivity index (χ2n) is 8.31. The Labute approximate surface area is 173 Å².